The summed E-state index contributed by atoms with van der Waals surface area (Å²) in [7, 11) is -3.81. The van der Waals surface area contributed by atoms with Crippen LogP contribution in [0.4, 0.5) is 0 Å². The summed E-state index contributed by atoms with van der Waals surface area (Å²) in [6.07, 6.45) is 2.01. The molecule has 9 heteroatoms. The van der Waals surface area contributed by atoms with E-state index in [9.17, 15) is 13.2 Å². The van der Waals surface area contributed by atoms with Gasteiger partial charge in [0.1, 0.15) is 0 Å². The topological polar surface area (TPSA) is 99.6 Å². The molecule has 0 spiro atoms. The molecule has 0 radical (unpaired) electrons. The van der Waals surface area contributed by atoms with Gasteiger partial charge in [0.15, 0.2) is 9.90 Å². The van der Waals surface area contributed by atoms with Gasteiger partial charge in [0.05, 0.1) is 5.51 Å². The van der Waals surface area contributed by atoms with E-state index in [4.69, 9.17) is 5.11 Å². The van der Waals surface area contributed by atoms with Gasteiger partial charge in [-0.05, 0) is 25.9 Å². The lowest BCUT2D eigenvalue weighted by Gasteiger charge is -2.22. The van der Waals surface area contributed by atoms with Gasteiger partial charge in [0.2, 0.25) is 0 Å². The number of aromatic carboxylic acids is 1. The Morgan fingerprint density at radius 3 is 3.05 bits per heavy atom. The van der Waals surface area contributed by atoms with E-state index in [1.165, 1.54) is 5.51 Å². The van der Waals surface area contributed by atoms with Crippen molar-refractivity contribution in [3.63, 3.8) is 0 Å². The highest BCUT2D eigenvalue weighted by molar-refractivity contribution is 7.91. The van der Waals surface area contributed by atoms with Gasteiger partial charge in [-0.3, -0.25) is 4.90 Å². The molecule has 2 N–H and O–H groups in total. The number of carboxylic acid groups (broad SMARTS) is 1. The molecule has 0 aromatic carbocycles. The summed E-state index contributed by atoms with van der Waals surface area (Å²) in [4.78, 5) is 16.7. The van der Waals surface area contributed by atoms with Crippen LogP contribution in [0.15, 0.2) is 9.72 Å². The van der Waals surface area contributed by atoms with Crippen LogP contribution < -0.4 is 4.72 Å². The number of rotatable bonds is 6. The fourth-order valence-electron chi connectivity index (χ4n) is 2.38. The highest BCUT2D eigenvalue weighted by atomic mass is 32.2. The van der Waals surface area contributed by atoms with Crippen LogP contribution in [0.3, 0.4) is 0 Å². The molecule has 7 nitrogen and oxygen atoms in total. The summed E-state index contributed by atoms with van der Waals surface area (Å²) in [5.74, 6) is -1.33. The lowest BCUT2D eigenvalue weighted by Crippen LogP contribution is -2.40. The average Bonchev–Trinajstić information content (AvgIpc) is 3.05. The Morgan fingerprint density at radius 1 is 1.65 bits per heavy atom. The second-order valence-corrected chi connectivity index (χ2v) is 7.39. The van der Waals surface area contributed by atoms with Gasteiger partial charge in [0, 0.05) is 12.6 Å². The summed E-state index contributed by atoms with van der Waals surface area (Å²) in [5.41, 5.74) is 0.813. The molecule has 1 atom stereocenters. The standard InChI is InChI=1S/C11H17N3O4S2/c1-2-14-5-3-4-8(14)6-13-20(17,18)11-9(10(15)16)12-7-19-11/h7-8,13H,2-6H2,1H3,(H,15,16). The third kappa shape index (κ3) is 3.17. The molecule has 0 saturated carbocycles. The first-order valence-corrected chi connectivity index (χ1v) is 8.72. The Balaban J connectivity index is 2.08. The number of thiazole rings is 1. The molecule has 1 unspecified atom stereocenters. The monoisotopic (exact) mass is 319 g/mol. The Bertz CT molecular complexity index is 584. The van der Waals surface area contributed by atoms with Crippen LogP contribution in [0.25, 0.3) is 0 Å². The molecule has 112 valence electrons. The number of nitrogens with one attached hydrogen (secondary N) is 1. The summed E-state index contributed by atoms with van der Waals surface area (Å²) < 4.78 is 26.6. The number of likely N-dealkylation sites (tertiary alicyclic amines) is 1. The van der Waals surface area contributed by atoms with Crippen molar-refractivity contribution in [1.29, 1.82) is 0 Å². The molecular weight excluding hydrogens is 302 g/mol. The predicted octanol–water partition coefficient (Wildman–Crippen LogP) is 0.604. The van der Waals surface area contributed by atoms with E-state index in [2.05, 4.69) is 14.6 Å². The zero-order valence-electron chi connectivity index (χ0n) is 11.1. The first-order chi connectivity index (χ1) is 9.45. The summed E-state index contributed by atoms with van der Waals surface area (Å²) in [5, 5.41) is 8.92. The maximum absolute atomic E-state index is 12.1. The fraction of sp³-hybridized carbons (Fsp3) is 0.636. The molecule has 2 rings (SSSR count). The van der Waals surface area contributed by atoms with Crippen LogP contribution >= 0.6 is 11.3 Å². The van der Waals surface area contributed by atoms with Crippen molar-refractivity contribution in [2.45, 2.75) is 30.0 Å². The fourth-order valence-corrected chi connectivity index (χ4v) is 4.64. The molecule has 1 aromatic heterocycles. The van der Waals surface area contributed by atoms with Gasteiger partial charge in [-0.2, -0.15) is 0 Å². The first-order valence-electron chi connectivity index (χ1n) is 6.36. The minimum atomic E-state index is -3.81. The van der Waals surface area contributed by atoms with Crippen molar-refractivity contribution in [3.8, 4) is 0 Å². The molecule has 20 heavy (non-hydrogen) atoms. The minimum absolute atomic E-state index is 0.177. The zero-order valence-corrected chi connectivity index (χ0v) is 12.7. The van der Waals surface area contributed by atoms with Crippen molar-refractivity contribution in [2.75, 3.05) is 19.6 Å². The van der Waals surface area contributed by atoms with E-state index in [1.807, 2.05) is 6.92 Å². The lowest BCUT2D eigenvalue weighted by molar-refractivity contribution is 0.0687. The van der Waals surface area contributed by atoms with Crippen LogP contribution in [0.5, 0.6) is 0 Å². The smallest absolute Gasteiger partial charge is 0.356 e. The van der Waals surface area contributed by atoms with Gasteiger partial charge in [-0.25, -0.2) is 22.9 Å². The van der Waals surface area contributed by atoms with Crippen molar-refractivity contribution in [3.05, 3.63) is 11.2 Å². The Hall–Kier alpha value is -1.03. The van der Waals surface area contributed by atoms with E-state index in [0.29, 0.717) is 6.54 Å². The van der Waals surface area contributed by atoms with Crippen LogP contribution in [-0.2, 0) is 10.0 Å². The van der Waals surface area contributed by atoms with Crippen molar-refractivity contribution < 1.29 is 18.3 Å². The maximum Gasteiger partial charge on any atom is 0.356 e. The lowest BCUT2D eigenvalue weighted by atomic mass is 10.2. The maximum atomic E-state index is 12.1. The number of sulfonamides is 1. The van der Waals surface area contributed by atoms with Gasteiger partial charge in [-0.1, -0.05) is 6.92 Å². The molecular formula is C11H17N3O4S2. The summed E-state index contributed by atoms with van der Waals surface area (Å²) in [6.45, 7) is 4.20. The van der Waals surface area contributed by atoms with Crippen LogP contribution in [0, 0.1) is 0 Å². The molecule has 1 aliphatic heterocycles. The van der Waals surface area contributed by atoms with Gasteiger partial charge < -0.3 is 5.11 Å². The molecule has 1 aliphatic rings. The zero-order chi connectivity index (χ0) is 14.8. The average molecular weight is 319 g/mol. The number of aromatic nitrogens is 1. The molecule has 1 saturated heterocycles. The molecule has 2 heterocycles. The quantitative estimate of drug-likeness (QED) is 0.797. The van der Waals surface area contributed by atoms with E-state index in [1.54, 1.807) is 0 Å². The first kappa shape index (κ1) is 15.4. The number of hydrogen-bond acceptors (Lipinski definition) is 6. The number of hydrogen-bond donors (Lipinski definition) is 2. The van der Waals surface area contributed by atoms with E-state index < -0.39 is 21.7 Å². The molecule has 1 aromatic rings. The highest BCUT2D eigenvalue weighted by Crippen LogP contribution is 2.21. The van der Waals surface area contributed by atoms with Crippen molar-refractivity contribution in [1.82, 2.24) is 14.6 Å². The summed E-state index contributed by atoms with van der Waals surface area (Å²) >= 11 is 0.818. The van der Waals surface area contributed by atoms with Gasteiger partial charge in [-0.15, -0.1) is 11.3 Å². The number of likely N-dealkylation sites (N-methyl/N-ethyl adjacent to an activating group) is 1. The normalized spacial score (nSPS) is 20.4. The number of carbonyl (C=O) groups is 1. The summed E-state index contributed by atoms with van der Waals surface area (Å²) in [6, 6.07) is 0.177. The Morgan fingerprint density at radius 2 is 2.40 bits per heavy atom. The third-order valence-electron chi connectivity index (χ3n) is 3.40. The minimum Gasteiger partial charge on any atom is -0.476 e. The Kier molecular flexibility index (Phi) is 4.74. The van der Waals surface area contributed by atoms with E-state index in [-0.39, 0.29) is 10.3 Å². The molecule has 0 amide bonds. The second kappa shape index (κ2) is 6.17. The van der Waals surface area contributed by atoms with Crippen LogP contribution in [0.1, 0.15) is 30.3 Å². The molecule has 0 aliphatic carbocycles. The van der Waals surface area contributed by atoms with Gasteiger partial charge >= 0.3 is 5.97 Å². The largest absolute Gasteiger partial charge is 0.476 e. The predicted molar refractivity (Wildman–Crippen MR) is 74.5 cm³/mol. The van der Waals surface area contributed by atoms with Gasteiger partial charge in [0.25, 0.3) is 10.0 Å². The van der Waals surface area contributed by atoms with Crippen molar-refractivity contribution >= 4 is 27.3 Å². The molecule has 0 bridgehead atoms. The SMILES string of the molecule is CCN1CCCC1CNS(=O)(=O)c1scnc1C(=O)O. The number of nitrogens with zero attached hydrogens (tertiary/aromatic N) is 2. The van der Waals surface area contributed by atoms with Crippen LogP contribution in [0.2, 0.25) is 0 Å². The number of carboxylic acids is 1. The van der Waals surface area contributed by atoms with E-state index in [0.717, 1.165) is 37.3 Å². The third-order valence-corrected chi connectivity index (χ3v) is 6.19. The van der Waals surface area contributed by atoms with Crippen LogP contribution in [-0.4, -0.2) is 55.1 Å². The van der Waals surface area contributed by atoms with E-state index >= 15 is 0 Å². The Labute approximate surface area is 121 Å². The highest BCUT2D eigenvalue weighted by Gasteiger charge is 2.28. The second-order valence-electron chi connectivity index (χ2n) is 4.57. The molecule has 1 fully saturated rings. The van der Waals surface area contributed by atoms with Crippen molar-refractivity contribution in [2.24, 2.45) is 0 Å².